The van der Waals surface area contributed by atoms with E-state index in [1.54, 1.807) is 7.11 Å². The minimum Gasteiger partial charge on any atom is -0.497 e. The molecule has 0 saturated carbocycles. The number of aromatic nitrogens is 2. The molecule has 0 bridgehead atoms. The first-order chi connectivity index (χ1) is 17.4. The molecule has 3 aromatic carbocycles. The Kier molecular flexibility index (Phi) is 8.06. The quantitative estimate of drug-likeness (QED) is 0.318. The minimum atomic E-state index is -0.229. The molecule has 1 aromatic heterocycles. The fourth-order valence-corrected chi connectivity index (χ4v) is 4.70. The average molecular weight is 485 g/mol. The van der Waals surface area contributed by atoms with Crippen LogP contribution in [0.15, 0.2) is 72.8 Å². The summed E-state index contributed by atoms with van der Waals surface area (Å²) in [6.07, 6.45) is 0.716. The predicted molar refractivity (Wildman–Crippen MR) is 145 cm³/mol. The summed E-state index contributed by atoms with van der Waals surface area (Å²) in [5.74, 6) is 1.76. The van der Waals surface area contributed by atoms with Crippen LogP contribution in [0.5, 0.6) is 5.75 Å². The second-order valence-electron chi connectivity index (χ2n) is 9.59. The van der Waals surface area contributed by atoms with Gasteiger partial charge < -0.3 is 19.9 Å². The fourth-order valence-electron chi connectivity index (χ4n) is 4.70. The molecule has 0 fully saturated rings. The van der Waals surface area contributed by atoms with Crippen molar-refractivity contribution in [2.75, 3.05) is 20.2 Å². The van der Waals surface area contributed by atoms with Crippen LogP contribution in [-0.2, 0) is 6.54 Å². The largest absolute Gasteiger partial charge is 0.497 e. The summed E-state index contributed by atoms with van der Waals surface area (Å²) in [5.41, 5.74) is 10.7. The van der Waals surface area contributed by atoms with Crippen LogP contribution in [0, 0.1) is 12.8 Å². The van der Waals surface area contributed by atoms with Gasteiger partial charge in [-0.3, -0.25) is 4.79 Å². The van der Waals surface area contributed by atoms with E-state index in [-0.39, 0.29) is 17.9 Å². The molecule has 188 valence electrons. The normalized spacial score (nSPS) is 12.2. The highest BCUT2D eigenvalue weighted by Crippen LogP contribution is 2.34. The summed E-state index contributed by atoms with van der Waals surface area (Å²) in [7, 11) is 1.66. The van der Waals surface area contributed by atoms with Crippen LogP contribution in [0.1, 0.15) is 53.6 Å². The number of carbonyl (C=O) groups is 1. The number of hydrogen-bond acceptors (Lipinski definition) is 4. The van der Waals surface area contributed by atoms with Gasteiger partial charge in [0.2, 0.25) is 0 Å². The Balaban J connectivity index is 1.86. The molecule has 0 aliphatic carbocycles. The third-order valence-corrected chi connectivity index (χ3v) is 6.56. The Morgan fingerprint density at radius 2 is 1.78 bits per heavy atom. The lowest BCUT2D eigenvalue weighted by molar-refractivity contribution is 0.0605. The summed E-state index contributed by atoms with van der Waals surface area (Å²) < 4.78 is 7.72. The van der Waals surface area contributed by atoms with Gasteiger partial charge in [0.05, 0.1) is 24.2 Å². The number of aryl methyl sites for hydroxylation is 1. The number of rotatable bonds is 10. The molecule has 0 radical (unpaired) electrons. The molecule has 1 amide bonds. The maximum absolute atomic E-state index is 13.9. The van der Waals surface area contributed by atoms with Crippen molar-refractivity contribution in [2.24, 2.45) is 11.7 Å². The zero-order chi connectivity index (χ0) is 25.7. The first-order valence-electron chi connectivity index (χ1n) is 12.6. The topological polar surface area (TPSA) is 73.4 Å². The average Bonchev–Trinajstić information content (AvgIpc) is 3.23. The van der Waals surface area contributed by atoms with Gasteiger partial charge >= 0.3 is 0 Å². The number of ether oxygens (including phenoxy) is 1. The lowest BCUT2D eigenvalue weighted by Gasteiger charge is -2.34. The Bertz CT molecular complexity index is 1300. The number of amides is 1. The molecule has 0 aliphatic heterocycles. The Labute approximate surface area is 213 Å². The number of nitrogens with two attached hydrogens (primary N) is 1. The molecular formula is C30H36N4O2. The predicted octanol–water partition coefficient (Wildman–Crippen LogP) is 5.59. The molecule has 6 nitrogen and oxygen atoms in total. The Morgan fingerprint density at radius 1 is 1.06 bits per heavy atom. The van der Waals surface area contributed by atoms with Crippen molar-refractivity contribution in [2.45, 2.75) is 39.8 Å². The maximum atomic E-state index is 13.9. The lowest BCUT2D eigenvalue weighted by Crippen LogP contribution is -2.40. The molecular weight excluding hydrogens is 448 g/mol. The zero-order valence-corrected chi connectivity index (χ0v) is 21.6. The SMILES string of the molecule is COc1ccc2c(c1)nc(C(C(C)C)N(CCCN)C(=O)c1ccc(C)cc1)n2Cc1ccccc1. The summed E-state index contributed by atoms with van der Waals surface area (Å²) in [4.78, 5) is 21.0. The van der Waals surface area contributed by atoms with Gasteiger partial charge in [-0.25, -0.2) is 4.98 Å². The van der Waals surface area contributed by atoms with Crippen LogP contribution >= 0.6 is 0 Å². The molecule has 1 unspecified atom stereocenters. The van der Waals surface area contributed by atoms with Crippen LogP contribution in [0.25, 0.3) is 11.0 Å². The molecule has 36 heavy (non-hydrogen) atoms. The smallest absolute Gasteiger partial charge is 0.254 e. The van der Waals surface area contributed by atoms with Gasteiger partial charge in [0, 0.05) is 24.7 Å². The second kappa shape index (κ2) is 11.4. The molecule has 0 saturated heterocycles. The van der Waals surface area contributed by atoms with Gasteiger partial charge in [-0.2, -0.15) is 0 Å². The molecule has 1 atom stereocenters. The van der Waals surface area contributed by atoms with Gasteiger partial charge in [0.15, 0.2) is 0 Å². The number of hydrogen-bond donors (Lipinski definition) is 1. The van der Waals surface area contributed by atoms with Crippen molar-refractivity contribution in [3.05, 3.63) is 95.3 Å². The standard InChI is InChI=1S/C30H36N4O2/c1-21(2)28(33(18-8-17-31)30(35)24-13-11-22(3)12-14-24)29-32-26-19-25(36-4)15-16-27(26)34(29)20-23-9-6-5-7-10-23/h5-7,9-16,19,21,28H,8,17-18,20,31H2,1-4H3. The van der Waals surface area contributed by atoms with E-state index in [0.29, 0.717) is 31.6 Å². The third kappa shape index (κ3) is 5.44. The molecule has 4 aromatic rings. The first kappa shape index (κ1) is 25.5. The third-order valence-electron chi connectivity index (χ3n) is 6.56. The van der Waals surface area contributed by atoms with E-state index in [4.69, 9.17) is 15.5 Å². The lowest BCUT2D eigenvalue weighted by atomic mass is 9.99. The molecule has 0 spiro atoms. The van der Waals surface area contributed by atoms with E-state index in [1.807, 2.05) is 66.4 Å². The van der Waals surface area contributed by atoms with Crippen LogP contribution < -0.4 is 10.5 Å². The number of carbonyl (C=O) groups excluding carboxylic acids is 1. The summed E-state index contributed by atoms with van der Waals surface area (Å²) in [6, 6.07) is 23.9. The van der Waals surface area contributed by atoms with Crippen LogP contribution in [0.2, 0.25) is 0 Å². The van der Waals surface area contributed by atoms with Gasteiger partial charge in [0.1, 0.15) is 11.6 Å². The van der Waals surface area contributed by atoms with Gasteiger partial charge in [-0.15, -0.1) is 0 Å². The van der Waals surface area contributed by atoms with Crippen molar-refractivity contribution < 1.29 is 9.53 Å². The maximum Gasteiger partial charge on any atom is 0.254 e. The van der Waals surface area contributed by atoms with Gasteiger partial charge in [-0.1, -0.05) is 61.9 Å². The summed E-state index contributed by atoms with van der Waals surface area (Å²) in [5, 5.41) is 0. The second-order valence-corrected chi connectivity index (χ2v) is 9.59. The van der Waals surface area contributed by atoms with E-state index in [2.05, 4.69) is 36.6 Å². The number of nitrogens with zero attached hydrogens (tertiary/aromatic N) is 3. The molecule has 2 N–H and O–H groups in total. The highest BCUT2D eigenvalue weighted by atomic mass is 16.5. The van der Waals surface area contributed by atoms with Crippen molar-refractivity contribution in [3.63, 3.8) is 0 Å². The number of imidazole rings is 1. The van der Waals surface area contributed by atoms with Crippen LogP contribution in [-0.4, -0.2) is 40.6 Å². The van der Waals surface area contributed by atoms with E-state index in [0.717, 1.165) is 28.2 Å². The van der Waals surface area contributed by atoms with Crippen molar-refractivity contribution in [3.8, 4) is 5.75 Å². The monoisotopic (exact) mass is 484 g/mol. The molecule has 0 aliphatic rings. The van der Waals surface area contributed by atoms with Crippen LogP contribution in [0.3, 0.4) is 0 Å². The zero-order valence-electron chi connectivity index (χ0n) is 21.6. The van der Waals surface area contributed by atoms with Gasteiger partial charge in [-0.05, 0) is 55.6 Å². The van der Waals surface area contributed by atoms with Crippen molar-refractivity contribution in [1.82, 2.24) is 14.5 Å². The minimum absolute atomic E-state index is 0.00181. The number of methoxy groups -OCH3 is 1. The molecule has 6 heteroatoms. The molecule has 4 rings (SSSR count). The number of fused-ring (bicyclic) bond motifs is 1. The molecule has 1 heterocycles. The number of benzene rings is 3. The van der Waals surface area contributed by atoms with Gasteiger partial charge in [0.25, 0.3) is 5.91 Å². The Hall–Kier alpha value is -3.64. The van der Waals surface area contributed by atoms with E-state index in [9.17, 15) is 4.79 Å². The fraction of sp³-hybridized carbons (Fsp3) is 0.333. The van der Waals surface area contributed by atoms with Crippen molar-refractivity contribution >= 4 is 16.9 Å². The highest BCUT2D eigenvalue weighted by Gasteiger charge is 2.32. The summed E-state index contributed by atoms with van der Waals surface area (Å²) >= 11 is 0. The highest BCUT2D eigenvalue weighted by molar-refractivity contribution is 5.94. The van der Waals surface area contributed by atoms with Crippen LogP contribution in [0.4, 0.5) is 0 Å². The van der Waals surface area contributed by atoms with E-state index >= 15 is 0 Å². The van der Waals surface area contributed by atoms with E-state index < -0.39 is 0 Å². The first-order valence-corrected chi connectivity index (χ1v) is 12.6. The van der Waals surface area contributed by atoms with Crippen molar-refractivity contribution in [1.29, 1.82) is 0 Å². The Morgan fingerprint density at radius 3 is 2.42 bits per heavy atom. The summed E-state index contributed by atoms with van der Waals surface area (Å²) in [6.45, 7) is 8.05. The van der Waals surface area contributed by atoms with E-state index in [1.165, 1.54) is 5.56 Å².